The number of hydrogen-bond donors (Lipinski definition) is 2. The third-order valence-electron chi connectivity index (χ3n) is 11.7. The Morgan fingerprint density at radius 3 is 2.41 bits per heavy atom. The number of urea groups is 1. The number of halogens is 4. The van der Waals surface area contributed by atoms with E-state index in [0.717, 1.165) is 65.1 Å². The van der Waals surface area contributed by atoms with Crippen molar-refractivity contribution >= 4 is 51.6 Å². The van der Waals surface area contributed by atoms with Gasteiger partial charge in [0.1, 0.15) is 16.9 Å². The lowest BCUT2D eigenvalue weighted by Crippen LogP contribution is -2.61. The van der Waals surface area contributed by atoms with Gasteiger partial charge in [0, 0.05) is 75.7 Å². The number of alkyl halides is 2. The summed E-state index contributed by atoms with van der Waals surface area (Å²) in [6, 6.07) is 13.8. The number of likely N-dealkylation sites (tertiary alicyclic amines) is 1. The molecule has 304 valence electrons. The molecule has 2 amide bonds. The van der Waals surface area contributed by atoms with Crippen LogP contribution in [0.15, 0.2) is 58.1 Å². The predicted octanol–water partition coefficient (Wildman–Crippen LogP) is 6.85. The van der Waals surface area contributed by atoms with E-state index in [2.05, 4.69) is 26.6 Å². The van der Waals surface area contributed by atoms with Gasteiger partial charge in [-0.15, -0.1) is 0 Å². The number of ether oxygens (including phenoxy) is 2. The van der Waals surface area contributed by atoms with Crippen molar-refractivity contribution in [1.29, 1.82) is 0 Å². The second kappa shape index (κ2) is 15.6. The number of nitrogens with one attached hydrogen (secondary N) is 2. The third-order valence-corrected chi connectivity index (χ3v) is 12.6. The summed E-state index contributed by atoms with van der Waals surface area (Å²) in [6.45, 7) is 3.35. The van der Waals surface area contributed by atoms with E-state index in [1.54, 1.807) is 32.4 Å². The Morgan fingerprint density at radius 1 is 0.966 bits per heavy atom. The van der Waals surface area contributed by atoms with Crippen LogP contribution in [0.1, 0.15) is 48.6 Å². The molecule has 17 heteroatoms. The van der Waals surface area contributed by atoms with Crippen molar-refractivity contribution in [1.82, 2.24) is 34.2 Å². The topological polar surface area (TPSA) is 136 Å². The molecule has 2 atom stereocenters. The van der Waals surface area contributed by atoms with E-state index in [4.69, 9.17) is 37.7 Å². The Bertz CT molecular complexity index is 2590. The maximum atomic E-state index is 14.0. The van der Waals surface area contributed by atoms with Gasteiger partial charge >= 0.3 is 11.7 Å². The van der Waals surface area contributed by atoms with Crippen LogP contribution in [0.3, 0.4) is 0 Å². The first kappa shape index (κ1) is 39.7. The van der Waals surface area contributed by atoms with Crippen LogP contribution in [0.5, 0.6) is 5.88 Å². The second-order valence-electron chi connectivity index (χ2n) is 15.1. The number of aryl methyl sites for hydroxylation is 2. The number of rotatable bonds is 10. The van der Waals surface area contributed by atoms with Crippen LogP contribution >= 0.6 is 23.2 Å². The molecular formula is C41H42Cl2F2N8O5. The van der Waals surface area contributed by atoms with Gasteiger partial charge in [-0.25, -0.2) is 28.3 Å². The zero-order valence-electron chi connectivity index (χ0n) is 32.4. The third kappa shape index (κ3) is 6.87. The monoisotopic (exact) mass is 834 g/mol. The van der Waals surface area contributed by atoms with E-state index in [1.165, 1.54) is 14.1 Å². The summed E-state index contributed by atoms with van der Waals surface area (Å²) in [7, 11) is 5.95. The van der Waals surface area contributed by atoms with Gasteiger partial charge in [-0.1, -0.05) is 53.5 Å². The highest BCUT2D eigenvalue weighted by Crippen LogP contribution is 2.47. The lowest BCUT2D eigenvalue weighted by atomic mass is 9.92. The van der Waals surface area contributed by atoms with E-state index >= 15 is 0 Å². The highest BCUT2D eigenvalue weighted by molar-refractivity contribution is 6.39. The number of amides is 2. The lowest BCUT2D eigenvalue weighted by molar-refractivity contribution is 0.114. The number of aromatic nitrogens is 4. The van der Waals surface area contributed by atoms with Gasteiger partial charge in [-0.05, 0) is 49.4 Å². The fraction of sp³-hybridized carbons (Fsp3) is 0.390. The molecule has 2 N–H and O–H groups in total. The minimum atomic E-state index is -2.97. The van der Waals surface area contributed by atoms with Crippen molar-refractivity contribution in [2.75, 3.05) is 52.3 Å². The van der Waals surface area contributed by atoms with Gasteiger partial charge in [0.2, 0.25) is 5.88 Å². The average molecular weight is 836 g/mol. The zero-order valence-corrected chi connectivity index (χ0v) is 33.9. The summed E-state index contributed by atoms with van der Waals surface area (Å²) >= 11 is 14.2. The molecule has 0 saturated carbocycles. The van der Waals surface area contributed by atoms with Crippen LogP contribution in [0.25, 0.3) is 33.3 Å². The van der Waals surface area contributed by atoms with E-state index in [0.29, 0.717) is 53.0 Å². The summed E-state index contributed by atoms with van der Waals surface area (Å²) in [5.74, 6) is 0.349. The van der Waals surface area contributed by atoms with Crippen LogP contribution in [0, 0.1) is 0 Å². The SMILES string of the molecule is COCCN1CCC2(CCN(C3CCc4cc(-c5cccc(-c6cccc(Nc7nc(C(F)F)cc8c7c(=O)n(C)c(=O)n8C)c6Cl)c5Cl)nc(OC)c43)C2)NC1=O. The Balaban J connectivity index is 1.09. The zero-order chi connectivity index (χ0) is 41.0. The summed E-state index contributed by atoms with van der Waals surface area (Å²) < 4.78 is 41.2. The van der Waals surface area contributed by atoms with Crippen LogP contribution in [-0.4, -0.2) is 87.5 Å². The van der Waals surface area contributed by atoms with Gasteiger partial charge in [0.05, 0.1) is 46.2 Å². The number of pyridine rings is 2. The summed E-state index contributed by atoms with van der Waals surface area (Å²) in [4.78, 5) is 52.2. The molecular weight excluding hydrogens is 793 g/mol. The number of hydrogen-bond acceptors (Lipinski definition) is 9. The van der Waals surface area contributed by atoms with Gasteiger partial charge in [0.25, 0.3) is 12.0 Å². The van der Waals surface area contributed by atoms with E-state index in [-0.39, 0.29) is 45.0 Å². The number of carbonyl (C=O) groups excluding carboxylic acids is 1. The molecule has 1 spiro atoms. The fourth-order valence-electron chi connectivity index (χ4n) is 8.66. The van der Waals surface area contributed by atoms with Crippen LogP contribution in [0.2, 0.25) is 10.0 Å². The maximum Gasteiger partial charge on any atom is 0.330 e. The molecule has 2 saturated heterocycles. The molecule has 2 aromatic carbocycles. The van der Waals surface area contributed by atoms with Gasteiger partial charge in [-0.2, -0.15) is 0 Å². The standard InChI is InChI=1S/C41H42Cl2F2N8O5/c1-50-30-20-28(35(44)45)47-36(32(30)38(54)51(2)40(50)56)46-26-10-6-8-24(34(26)43)23-7-5-9-25(33(23)42)27-19-22-11-12-29(31(22)37(48-27)58-4)53-16-14-41(21-53)13-15-52(17-18-57-3)39(55)49-41/h5-10,19-20,29,35H,11-18,21H2,1-4H3,(H,46,47)(H,49,55). The summed E-state index contributed by atoms with van der Waals surface area (Å²) in [5.41, 5.74) is 2.59. The Labute approximate surface area is 342 Å². The van der Waals surface area contributed by atoms with Crippen LogP contribution in [0.4, 0.5) is 25.1 Å². The van der Waals surface area contributed by atoms with Crippen molar-refractivity contribution in [3.63, 3.8) is 0 Å². The van der Waals surface area contributed by atoms with Crippen molar-refractivity contribution in [3.8, 4) is 28.3 Å². The molecule has 8 rings (SSSR count). The lowest BCUT2D eigenvalue weighted by Gasteiger charge is -2.40. The van der Waals surface area contributed by atoms with Crippen LogP contribution in [-0.2, 0) is 25.3 Å². The Kier molecular flexibility index (Phi) is 10.7. The quantitative estimate of drug-likeness (QED) is 0.155. The van der Waals surface area contributed by atoms with Crippen molar-refractivity contribution in [3.05, 3.63) is 96.2 Å². The Hall–Kier alpha value is -5.09. The maximum absolute atomic E-state index is 14.0. The van der Waals surface area contributed by atoms with E-state index in [1.807, 2.05) is 23.1 Å². The summed E-state index contributed by atoms with van der Waals surface area (Å²) in [6.07, 6.45) is 0.466. The van der Waals surface area contributed by atoms with E-state index in [9.17, 15) is 23.2 Å². The molecule has 2 aliphatic heterocycles. The highest BCUT2D eigenvalue weighted by Gasteiger charge is 2.46. The van der Waals surface area contributed by atoms with Crippen molar-refractivity contribution in [2.45, 2.75) is 43.7 Å². The molecule has 3 aromatic heterocycles. The van der Waals surface area contributed by atoms with Gasteiger partial charge in [-0.3, -0.25) is 18.8 Å². The van der Waals surface area contributed by atoms with Gasteiger partial charge < -0.3 is 25.0 Å². The minimum Gasteiger partial charge on any atom is -0.481 e. The largest absolute Gasteiger partial charge is 0.481 e. The molecule has 0 radical (unpaired) electrons. The molecule has 0 bridgehead atoms. The fourth-order valence-corrected chi connectivity index (χ4v) is 9.26. The first-order valence-electron chi connectivity index (χ1n) is 19.0. The average Bonchev–Trinajstić information content (AvgIpc) is 3.83. The smallest absolute Gasteiger partial charge is 0.330 e. The Morgan fingerprint density at radius 2 is 1.69 bits per heavy atom. The van der Waals surface area contributed by atoms with E-state index < -0.39 is 23.4 Å². The van der Waals surface area contributed by atoms with Crippen LogP contribution < -0.4 is 26.6 Å². The van der Waals surface area contributed by atoms with Gasteiger partial charge in [0.15, 0.2) is 0 Å². The number of carbonyl (C=O) groups is 1. The first-order valence-corrected chi connectivity index (χ1v) is 19.7. The highest BCUT2D eigenvalue weighted by atomic mass is 35.5. The second-order valence-corrected chi connectivity index (χ2v) is 15.8. The molecule has 13 nitrogen and oxygen atoms in total. The molecule has 2 fully saturated rings. The molecule has 5 aromatic rings. The molecule has 3 aliphatic rings. The molecule has 58 heavy (non-hydrogen) atoms. The number of benzene rings is 2. The predicted molar refractivity (Wildman–Crippen MR) is 219 cm³/mol. The minimum absolute atomic E-state index is 0.0000534. The summed E-state index contributed by atoms with van der Waals surface area (Å²) in [5, 5.41) is 6.83. The number of fused-ring (bicyclic) bond motifs is 2. The van der Waals surface area contributed by atoms with Crippen molar-refractivity contribution < 1.29 is 23.0 Å². The first-order chi connectivity index (χ1) is 27.8. The molecule has 5 heterocycles. The number of methoxy groups -OCH3 is 2. The number of anilines is 2. The molecule has 2 unspecified atom stereocenters. The molecule has 1 aliphatic carbocycles. The van der Waals surface area contributed by atoms with Crippen molar-refractivity contribution in [2.24, 2.45) is 14.1 Å². The number of nitrogens with zero attached hydrogens (tertiary/aromatic N) is 6. The normalized spacial score (nSPS) is 19.4.